The van der Waals surface area contributed by atoms with Gasteiger partial charge in [-0.2, -0.15) is 5.06 Å². The summed E-state index contributed by atoms with van der Waals surface area (Å²) < 4.78 is 0. The van der Waals surface area contributed by atoms with E-state index in [1.165, 1.54) is 12.1 Å². The number of carbonyl (C=O) groups is 4. The number of hydrogen-bond donors (Lipinski definition) is 4. The van der Waals surface area contributed by atoms with Crippen LogP contribution in [-0.4, -0.2) is 69.0 Å². The van der Waals surface area contributed by atoms with E-state index in [-0.39, 0.29) is 5.69 Å². The summed E-state index contributed by atoms with van der Waals surface area (Å²) in [6, 6.07) is 10.8. The third-order valence-corrected chi connectivity index (χ3v) is 5.82. The molecule has 13 heteroatoms. The van der Waals surface area contributed by atoms with Gasteiger partial charge in [0.25, 0.3) is 0 Å². The molecule has 1 atom stereocenters. The van der Waals surface area contributed by atoms with E-state index in [0.717, 1.165) is 9.80 Å². The molecule has 0 saturated carbocycles. The van der Waals surface area contributed by atoms with Crippen LogP contribution < -0.4 is 15.5 Å². The molecule has 11 nitrogen and oxygen atoms in total. The monoisotopic (exact) mass is 523 g/mol. The van der Waals surface area contributed by atoms with Gasteiger partial charge in [0.2, 0.25) is 5.91 Å². The molecule has 186 valence electrons. The summed E-state index contributed by atoms with van der Waals surface area (Å²) in [4.78, 5) is 51.8. The number of amides is 5. The summed E-state index contributed by atoms with van der Waals surface area (Å²) in [6.07, 6.45) is -1.31. The van der Waals surface area contributed by atoms with Crippen molar-refractivity contribution >= 4 is 58.5 Å². The van der Waals surface area contributed by atoms with Crippen molar-refractivity contribution in [3.05, 3.63) is 58.6 Å². The van der Waals surface area contributed by atoms with Crippen molar-refractivity contribution in [3.63, 3.8) is 0 Å². The van der Waals surface area contributed by atoms with E-state index in [9.17, 15) is 24.4 Å². The zero-order valence-electron chi connectivity index (χ0n) is 18.7. The smallest absolute Gasteiger partial charge is 0.347 e. The van der Waals surface area contributed by atoms with E-state index in [2.05, 4.69) is 10.6 Å². The minimum Gasteiger partial charge on any atom is -0.480 e. The van der Waals surface area contributed by atoms with Gasteiger partial charge in [0.05, 0.1) is 5.54 Å². The van der Waals surface area contributed by atoms with Gasteiger partial charge in [-0.05, 0) is 50.2 Å². The maximum absolute atomic E-state index is 13.5. The zero-order chi connectivity index (χ0) is 25.9. The summed E-state index contributed by atoms with van der Waals surface area (Å²) in [5.74, 6) is -1.98. The quantitative estimate of drug-likeness (QED) is 0.323. The minimum atomic E-state index is -1.32. The Morgan fingerprint density at radius 2 is 1.71 bits per heavy atom. The number of aliphatic carboxylic acids is 1. The molecule has 1 aliphatic rings. The van der Waals surface area contributed by atoms with Gasteiger partial charge in [-0.3, -0.25) is 19.7 Å². The first-order valence-electron chi connectivity index (χ1n) is 10.3. The van der Waals surface area contributed by atoms with E-state index in [4.69, 9.17) is 28.3 Å². The Morgan fingerprint density at radius 1 is 1.09 bits per heavy atom. The molecule has 35 heavy (non-hydrogen) atoms. The molecule has 0 unspecified atom stereocenters. The summed E-state index contributed by atoms with van der Waals surface area (Å²) >= 11 is 12.1. The number of urea groups is 2. The molecule has 0 spiro atoms. The largest absolute Gasteiger partial charge is 0.480 e. The zero-order valence-corrected chi connectivity index (χ0v) is 20.2. The normalized spacial score (nSPS) is 16.7. The fourth-order valence-electron chi connectivity index (χ4n) is 3.73. The molecule has 1 saturated heterocycles. The maximum atomic E-state index is 13.5. The van der Waals surface area contributed by atoms with E-state index >= 15 is 0 Å². The summed E-state index contributed by atoms with van der Waals surface area (Å²) in [5, 5.41) is 25.5. The van der Waals surface area contributed by atoms with E-state index in [0.29, 0.717) is 20.8 Å². The highest BCUT2D eigenvalue weighted by Crippen LogP contribution is 2.38. The van der Waals surface area contributed by atoms with Crippen LogP contribution in [0.2, 0.25) is 10.0 Å². The number of nitrogens with zero attached hydrogens (tertiary/aromatic N) is 3. The number of carboxylic acid groups (broad SMARTS) is 1. The van der Waals surface area contributed by atoms with Gasteiger partial charge < -0.3 is 20.6 Å². The van der Waals surface area contributed by atoms with Gasteiger partial charge in [0, 0.05) is 21.4 Å². The van der Waals surface area contributed by atoms with Crippen LogP contribution in [0.15, 0.2) is 48.5 Å². The predicted octanol–water partition coefficient (Wildman–Crippen LogP) is 3.46. The van der Waals surface area contributed by atoms with Crippen molar-refractivity contribution in [1.82, 2.24) is 15.3 Å². The van der Waals surface area contributed by atoms with Crippen LogP contribution in [0.5, 0.6) is 0 Å². The highest BCUT2D eigenvalue weighted by atomic mass is 35.5. The van der Waals surface area contributed by atoms with Crippen molar-refractivity contribution in [2.45, 2.75) is 25.6 Å². The van der Waals surface area contributed by atoms with Crippen LogP contribution in [0.3, 0.4) is 0 Å². The Bertz CT molecular complexity index is 1160. The average Bonchev–Trinajstić information content (AvgIpc) is 2.97. The van der Waals surface area contributed by atoms with Gasteiger partial charge in [0.15, 0.2) is 6.17 Å². The van der Waals surface area contributed by atoms with Crippen molar-refractivity contribution < 1.29 is 29.5 Å². The van der Waals surface area contributed by atoms with Crippen LogP contribution in [0.25, 0.3) is 0 Å². The van der Waals surface area contributed by atoms with Gasteiger partial charge in [-0.1, -0.05) is 35.3 Å². The van der Waals surface area contributed by atoms with Crippen molar-refractivity contribution in [2.24, 2.45) is 0 Å². The number of nitrogens with one attached hydrogen (secondary N) is 2. The lowest BCUT2D eigenvalue weighted by Crippen LogP contribution is -2.58. The molecule has 0 bridgehead atoms. The molecule has 5 amide bonds. The Labute approximate surface area is 210 Å². The first kappa shape index (κ1) is 26.1. The number of halogens is 2. The minimum absolute atomic E-state index is 0.267. The topological polar surface area (TPSA) is 143 Å². The highest BCUT2D eigenvalue weighted by Gasteiger charge is 2.56. The van der Waals surface area contributed by atoms with Crippen molar-refractivity contribution in [2.75, 3.05) is 23.3 Å². The lowest BCUT2D eigenvalue weighted by atomic mass is 9.99. The number of benzene rings is 2. The molecule has 0 radical (unpaired) electrons. The van der Waals surface area contributed by atoms with Gasteiger partial charge in [-0.15, -0.1) is 0 Å². The fourth-order valence-corrected chi connectivity index (χ4v) is 4.10. The first-order valence-corrected chi connectivity index (χ1v) is 11.1. The molecular weight excluding hydrogens is 501 g/mol. The van der Waals surface area contributed by atoms with Crippen LogP contribution in [0, 0.1) is 0 Å². The van der Waals surface area contributed by atoms with Gasteiger partial charge in [-0.25, -0.2) is 9.59 Å². The Balaban J connectivity index is 1.95. The second-order valence-corrected chi connectivity index (χ2v) is 9.07. The molecule has 2 aromatic carbocycles. The summed E-state index contributed by atoms with van der Waals surface area (Å²) in [5.41, 5.74) is -0.744. The molecule has 0 aromatic heterocycles. The predicted molar refractivity (Wildman–Crippen MR) is 129 cm³/mol. The lowest BCUT2D eigenvalue weighted by molar-refractivity contribution is -0.138. The second-order valence-electron chi connectivity index (χ2n) is 8.20. The Hall–Kier alpha value is -3.54. The first-order chi connectivity index (χ1) is 16.4. The van der Waals surface area contributed by atoms with Crippen LogP contribution in [-0.2, 0) is 9.59 Å². The third-order valence-electron chi connectivity index (χ3n) is 5.35. The highest BCUT2D eigenvalue weighted by molar-refractivity contribution is 6.31. The van der Waals surface area contributed by atoms with Gasteiger partial charge in [0.1, 0.15) is 13.1 Å². The molecule has 1 fully saturated rings. The number of hydroxylamine groups is 2. The number of hydrogen-bond acceptors (Lipinski definition) is 5. The summed E-state index contributed by atoms with van der Waals surface area (Å²) in [6.45, 7) is 1.97. The molecule has 3 rings (SSSR count). The van der Waals surface area contributed by atoms with E-state index in [1.807, 2.05) is 0 Å². The standard InChI is InChI=1S/C22H23Cl2N5O6/c1-22(2)19(29(35)20(33)26-15-7-3-5-13(23)9-15)28(16-8-4-6-14(24)10-16)21(34)27(22)12-17(30)25-11-18(31)32/h3-10,19,35H,11-12H2,1-2H3,(H,25,30)(H,26,33)(H,31,32)/t19-/m1/s1. The average molecular weight is 524 g/mol. The van der Waals surface area contributed by atoms with E-state index < -0.39 is 48.7 Å². The fraction of sp³-hybridized carbons (Fsp3) is 0.273. The Kier molecular flexibility index (Phi) is 7.73. The number of rotatable bonds is 7. The molecular formula is C22H23Cl2N5O6. The summed E-state index contributed by atoms with van der Waals surface area (Å²) in [7, 11) is 0. The van der Waals surface area contributed by atoms with E-state index in [1.54, 1.807) is 50.2 Å². The van der Waals surface area contributed by atoms with Crippen molar-refractivity contribution in [1.29, 1.82) is 0 Å². The van der Waals surface area contributed by atoms with Crippen molar-refractivity contribution in [3.8, 4) is 0 Å². The van der Waals surface area contributed by atoms with Gasteiger partial charge >= 0.3 is 18.0 Å². The molecule has 0 aliphatic carbocycles. The molecule has 1 aliphatic heterocycles. The SMILES string of the molecule is CC1(C)[C@@H](N(O)C(=O)Nc2cccc(Cl)c2)N(c2cccc(Cl)c2)C(=O)N1CC(=O)NCC(=O)O. The lowest BCUT2D eigenvalue weighted by Gasteiger charge is -2.38. The maximum Gasteiger partial charge on any atom is 0.347 e. The number of anilines is 2. The molecule has 4 N–H and O–H groups in total. The number of carbonyl (C=O) groups excluding carboxylic acids is 3. The third kappa shape index (κ3) is 5.76. The Morgan fingerprint density at radius 3 is 2.31 bits per heavy atom. The molecule has 1 heterocycles. The molecule has 2 aromatic rings. The van der Waals surface area contributed by atoms with Crippen LogP contribution in [0.1, 0.15) is 13.8 Å². The van der Waals surface area contributed by atoms with Crippen LogP contribution >= 0.6 is 23.2 Å². The second kappa shape index (κ2) is 10.4. The number of carboxylic acids is 1. The van der Waals surface area contributed by atoms with Crippen LogP contribution in [0.4, 0.5) is 21.0 Å².